The van der Waals surface area contributed by atoms with E-state index in [9.17, 15) is 4.79 Å². The van der Waals surface area contributed by atoms with Crippen molar-refractivity contribution in [1.82, 2.24) is 14.7 Å². The van der Waals surface area contributed by atoms with E-state index < -0.39 is 5.60 Å². The van der Waals surface area contributed by atoms with Crippen molar-refractivity contribution in [3.63, 3.8) is 0 Å². The quantitative estimate of drug-likeness (QED) is 0.467. The molecule has 1 aromatic carbocycles. The number of hydrogen-bond acceptors (Lipinski definition) is 4. The normalized spacial score (nSPS) is 27.5. The number of benzene rings is 1. The summed E-state index contributed by atoms with van der Waals surface area (Å²) in [7, 11) is 0. The van der Waals surface area contributed by atoms with Crippen molar-refractivity contribution >= 4 is 41.0 Å². The Morgan fingerprint density at radius 2 is 2.13 bits per heavy atom. The van der Waals surface area contributed by atoms with E-state index in [-0.39, 0.29) is 11.5 Å². The smallest absolute Gasteiger partial charge is 0.410 e. The van der Waals surface area contributed by atoms with Crippen LogP contribution in [0, 0.1) is 14.4 Å². The van der Waals surface area contributed by atoms with Crippen LogP contribution in [0.4, 0.5) is 4.79 Å². The highest BCUT2D eigenvalue weighted by molar-refractivity contribution is 14.1. The SMILES string of the molecule is C[C@]12Cc3cnn(-c4ccc(I)cc4)c3C=C1CCC[C@@]21CN(CCC=N)C(=O)O1. The Balaban J connectivity index is 1.52. The summed E-state index contributed by atoms with van der Waals surface area (Å²) in [5.74, 6) is 0. The van der Waals surface area contributed by atoms with Crippen molar-refractivity contribution in [2.75, 3.05) is 13.1 Å². The first-order valence-corrected chi connectivity index (χ1v) is 11.5. The van der Waals surface area contributed by atoms with Gasteiger partial charge in [0.25, 0.3) is 0 Å². The number of nitrogens with one attached hydrogen (secondary N) is 1. The van der Waals surface area contributed by atoms with Crippen LogP contribution in [-0.4, -0.2) is 45.7 Å². The second-order valence-corrected chi connectivity index (χ2v) is 10.00. The van der Waals surface area contributed by atoms with Gasteiger partial charge in [-0.1, -0.05) is 12.5 Å². The van der Waals surface area contributed by atoms with Crippen molar-refractivity contribution in [2.45, 2.75) is 44.6 Å². The maximum absolute atomic E-state index is 12.6. The van der Waals surface area contributed by atoms with E-state index in [2.05, 4.69) is 59.9 Å². The van der Waals surface area contributed by atoms with Gasteiger partial charge in [-0.15, -0.1) is 0 Å². The Kier molecular flexibility index (Phi) is 4.76. The molecule has 2 atom stereocenters. The van der Waals surface area contributed by atoms with Gasteiger partial charge in [0.05, 0.1) is 24.1 Å². The van der Waals surface area contributed by atoms with Gasteiger partial charge in [-0.2, -0.15) is 5.10 Å². The summed E-state index contributed by atoms with van der Waals surface area (Å²) in [6, 6.07) is 8.40. The van der Waals surface area contributed by atoms with Crippen LogP contribution < -0.4 is 0 Å². The zero-order chi connectivity index (χ0) is 20.9. The molecule has 0 bridgehead atoms. The number of halogens is 1. The highest BCUT2D eigenvalue weighted by atomic mass is 127. The molecular weight excluding hydrogens is 491 g/mol. The number of amides is 1. The first-order chi connectivity index (χ1) is 14.5. The van der Waals surface area contributed by atoms with Gasteiger partial charge >= 0.3 is 6.09 Å². The van der Waals surface area contributed by atoms with Gasteiger partial charge in [-0.05, 0) is 96.8 Å². The van der Waals surface area contributed by atoms with Gasteiger partial charge in [0.1, 0.15) is 5.60 Å². The Hall–Kier alpha value is -2.16. The Morgan fingerprint density at radius 1 is 1.33 bits per heavy atom. The number of aromatic nitrogens is 2. The molecule has 3 aliphatic rings. The first kappa shape index (κ1) is 19.8. The van der Waals surface area contributed by atoms with Gasteiger partial charge in [0, 0.05) is 15.5 Å². The fourth-order valence-electron chi connectivity index (χ4n) is 5.38. The molecule has 2 fully saturated rings. The molecule has 5 rings (SSSR count). The lowest BCUT2D eigenvalue weighted by atomic mass is 9.57. The van der Waals surface area contributed by atoms with Crippen molar-refractivity contribution in [3.05, 3.63) is 50.9 Å². The zero-order valence-electron chi connectivity index (χ0n) is 17.0. The van der Waals surface area contributed by atoms with Crippen molar-refractivity contribution in [2.24, 2.45) is 5.41 Å². The average molecular weight is 516 g/mol. The third kappa shape index (κ3) is 2.92. The van der Waals surface area contributed by atoms with E-state index >= 15 is 0 Å². The van der Waals surface area contributed by atoms with Crippen LogP contribution in [0.15, 0.2) is 36.0 Å². The zero-order valence-corrected chi connectivity index (χ0v) is 19.2. The molecule has 1 saturated heterocycles. The van der Waals surface area contributed by atoms with Gasteiger partial charge in [0.2, 0.25) is 0 Å². The fraction of sp³-hybridized carbons (Fsp3) is 0.435. The van der Waals surface area contributed by atoms with Crippen LogP contribution in [0.3, 0.4) is 0 Å². The standard InChI is InChI=1S/C23H25IN4O2/c1-22-13-16-14-26-28(19-7-5-18(24)6-8-19)20(16)12-17(22)4-2-9-23(22)15-27(11-3-10-25)21(29)30-23/h5-8,10,12,14,25H,2-4,9,11,13,15H2,1H3/t22-,23+/m0/s1. The van der Waals surface area contributed by atoms with E-state index in [1.54, 1.807) is 4.90 Å². The average Bonchev–Trinajstić information content (AvgIpc) is 3.27. The predicted molar refractivity (Wildman–Crippen MR) is 124 cm³/mol. The first-order valence-electron chi connectivity index (χ1n) is 10.5. The molecule has 1 spiro atoms. The molecule has 0 unspecified atom stereocenters. The molecule has 0 radical (unpaired) electrons. The van der Waals surface area contributed by atoms with Crippen molar-refractivity contribution in [1.29, 1.82) is 5.41 Å². The summed E-state index contributed by atoms with van der Waals surface area (Å²) in [4.78, 5) is 14.4. The van der Waals surface area contributed by atoms with Gasteiger partial charge in [-0.25, -0.2) is 9.48 Å². The fourth-order valence-corrected chi connectivity index (χ4v) is 5.73. The molecule has 30 heavy (non-hydrogen) atoms. The minimum Gasteiger partial charge on any atom is -0.440 e. The summed E-state index contributed by atoms with van der Waals surface area (Å²) < 4.78 is 9.36. The molecule has 1 aliphatic heterocycles. The van der Waals surface area contributed by atoms with E-state index in [1.807, 2.05) is 10.9 Å². The lowest BCUT2D eigenvalue weighted by Gasteiger charge is -2.51. The van der Waals surface area contributed by atoms with Gasteiger partial charge < -0.3 is 15.0 Å². The molecule has 2 aromatic rings. The maximum Gasteiger partial charge on any atom is 0.410 e. The van der Waals surface area contributed by atoms with Gasteiger partial charge in [-0.3, -0.25) is 0 Å². The minimum atomic E-state index is -0.501. The summed E-state index contributed by atoms with van der Waals surface area (Å²) in [6.45, 7) is 3.42. The Bertz CT molecular complexity index is 1040. The van der Waals surface area contributed by atoms with E-state index in [1.165, 1.54) is 20.9 Å². The number of fused-ring (bicyclic) bond motifs is 3. The number of rotatable bonds is 4. The summed E-state index contributed by atoms with van der Waals surface area (Å²) in [6.07, 6.45) is 9.69. The largest absolute Gasteiger partial charge is 0.440 e. The molecule has 2 heterocycles. The lowest BCUT2D eigenvalue weighted by Crippen LogP contribution is -2.55. The molecule has 7 heteroatoms. The highest BCUT2D eigenvalue weighted by Gasteiger charge is 2.60. The molecule has 1 saturated carbocycles. The van der Waals surface area contributed by atoms with Crippen LogP contribution >= 0.6 is 22.6 Å². The van der Waals surface area contributed by atoms with Crippen LogP contribution in [0.5, 0.6) is 0 Å². The second-order valence-electron chi connectivity index (χ2n) is 8.75. The van der Waals surface area contributed by atoms with Crippen LogP contribution in [0.2, 0.25) is 0 Å². The molecule has 2 aliphatic carbocycles. The number of ether oxygens (including phenoxy) is 1. The predicted octanol–water partition coefficient (Wildman–Crippen LogP) is 4.84. The monoisotopic (exact) mass is 516 g/mol. The van der Waals surface area contributed by atoms with Gasteiger partial charge in [0.15, 0.2) is 0 Å². The molecule has 6 nitrogen and oxygen atoms in total. The maximum atomic E-state index is 12.6. The second kappa shape index (κ2) is 7.21. The Labute approximate surface area is 189 Å². The molecule has 1 aromatic heterocycles. The number of nitrogens with zero attached hydrogens (tertiary/aromatic N) is 3. The molecule has 1 N–H and O–H groups in total. The third-order valence-corrected chi connectivity index (χ3v) is 7.80. The van der Waals surface area contributed by atoms with Crippen LogP contribution in [0.1, 0.15) is 43.9 Å². The summed E-state index contributed by atoms with van der Waals surface area (Å²) in [5.41, 5.74) is 4.04. The molecule has 1 amide bonds. The molecule has 156 valence electrons. The number of carbonyl (C=O) groups is 1. The molecular formula is C23H25IN4O2. The van der Waals surface area contributed by atoms with Crippen LogP contribution in [0.25, 0.3) is 11.8 Å². The number of hydrogen-bond donors (Lipinski definition) is 1. The Morgan fingerprint density at radius 3 is 2.90 bits per heavy atom. The summed E-state index contributed by atoms with van der Waals surface area (Å²) >= 11 is 2.31. The van der Waals surface area contributed by atoms with E-state index in [4.69, 9.17) is 15.2 Å². The highest BCUT2D eigenvalue weighted by Crippen LogP contribution is 2.56. The third-order valence-electron chi connectivity index (χ3n) is 7.08. The van der Waals surface area contributed by atoms with E-state index in [0.717, 1.165) is 37.1 Å². The lowest BCUT2D eigenvalue weighted by molar-refractivity contribution is -0.0524. The number of carbonyl (C=O) groups excluding carboxylic acids is 1. The van der Waals surface area contributed by atoms with Crippen molar-refractivity contribution < 1.29 is 9.53 Å². The van der Waals surface area contributed by atoms with Crippen LogP contribution in [-0.2, 0) is 11.2 Å². The van der Waals surface area contributed by atoms with Crippen molar-refractivity contribution in [3.8, 4) is 5.69 Å². The summed E-state index contributed by atoms with van der Waals surface area (Å²) in [5, 5.41) is 12.0. The topological polar surface area (TPSA) is 71.2 Å². The van der Waals surface area contributed by atoms with E-state index in [0.29, 0.717) is 19.5 Å². The minimum absolute atomic E-state index is 0.229.